The predicted octanol–water partition coefficient (Wildman–Crippen LogP) is 5.02. The third-order valence-electron chi connectivity index (χ3n) is 6.72. The van der Waals surface area contributed by atoms with E-state index in [0.29, 0.717) is 36.8 Å². The lowest BCUT2D eigenvalue weighted by Gasteiger charge is -2.20. The zero-order valence-corrected chi connectivity index (χ0v) is 20.2. The van der Waals surface area contributed by atoms with Crippen LogP contribution in [0.1, 0.15) is 19.3 Å². The van der Waals surface area contributed by atoms with E-state index < -0.39 is 6.10 Å². The molecule has 0 saturated carbocycles. The van der Waals surface area contributed by atoms with Crippen molar-refractivity contribution in [2.75, 3.05) is 44.8 Å². The highest BCUT2D eigenvalue weighted by atomic mass is 16.5. The van der Waals surface area contributed by atoms with Gasteiger partial charge in [0.05, 0.1) is 7.11 Å². The number of anilines is 1. The van der Waals surface area contributed by atoms with Crippen LogP contribution in [-0.4, -0.2) is 56.8 Å². The summed E-state index contributed by atoms with van der Waals surface area (Å²) in [4.78, 5) is 17.3. The number of benzene rings is 3. The van der Waals surface area contributed by atoms with Crippen molar-refractivity contribution in [3.8, 4) is 28.4 Å². The number of amides is 1. The van der Waals surface area contributed by atoms with Gasteiger partial charge in [0.2, 0.25) is 0 Å². The van der Waals surface area contributed by atoms with Gasteiger partial charge in [-0.05, 0) is 61.3 Å². The first-order valence-corrected chi connectivity index (χ1v) is 12.4. The van der Waals surface area contributed by atoms with Crippen LogP contribution in [0.4, 0.5) is 5.69 Å². The summed E-state index contributed by atoms with van der Waals surface area (Å²) in [5.74, 6) is 2.00. The molecule has 182 valence electrons. The van der Waals surface area contributed by atoms with Crippen molar-refractivity contribution in [1.82, 2.24) is 4.90 Å². The molecule has 3 aromatic rings. The molecule has 0 unspecified atom stereocenters. The van der Waals surface area contributed by atoms with Crippen molar-refractivity contribution in [3.63, 3.8) is 0 Å². The summed E-state index contributed by atoms with van der Waals surface area (Å²) in [6, 6.07) is 23.8. The molecular formula is C29H32N2O4. The van der Waals surface area contributed by atoms with E-state index >= 15 is 0 Å². The van der Waals surface area contributed by atoms with E-state index in [1.807, 2.05) is 60.7 Å². The van der Waals surface area contributed by atoms with E-state index in [4.69, 9.17) is 14.2 Å². The molecule has 6 heteroatoms. The van der Waals surface area contributed by atoms with Gasteiger partial charge in [0.15, 0.2) is 17.6 Å². The summed E-state index contributed by atoms with van der Waals surface area (Å²) < 4.78 is 17.6. The lowest BCUT2D eigenvalue weighted by Crippen LogP contribution is -2.32. The molecule has 5 rings (SSSR count). The van der Waals surface area contributed by atoms with Gasteiger partial charge in [0, 0.05) is 31.3 Å². The summed E-state index contributed by atoms with van der Waals surface area (Å²) in [6.45, 7) is 4.44. The summed E-state index contributed by atoms with van der Waals surface area (Å²) >= 11 is 0. The zero-order chi connectivity index (χ0) is 24.0. The van der Waals surface area contributed by atoms with Crippen LogP contribution in [-0.2, 0) is 4.79 Å². The summed E-state index contributed by atoms with van der Waals surface area (Å²) in [5, 5.41) is 0. The Balaban J connectivity index is 1.20. The molecule has 0 aromatic heterocycles. The Labute approximate surface area is 207 Å². The number of hydrogen-bond donors (Lipinski definition) is 0. The van der Waals surface area contributed by atoms with E-state index in [1.165, 1.54) is 12.8 Å². The fraction of sp³-hybridized carbons (Fsp3) is 0.345. The molecule has 1 atom stereocenters. The number of rotatable bonds is 9. The first kappa shape index (κ1) is 23.2. The van der Waals surface area contributed by atoms with Crippen molar-refractivity contribution in [3.05, 3.63) is 72.8 Å². The third-order valence-corrected chi connectivity index (χ3v) is 6.72. The molecule has 6 nitrogen and oxygen atoms in total. The van der Waals surface area contributed by atoms with Crippen LogP contribution in [0.25, 0.3) is 11.1 Å². The standard InChI is InChI=1S/C29H32N2O4/c1-33-28-21-24(11-14-26(28)34-20-19-30-16-5-6-17-30)31-18-15-27(29(31)32)35-25-12-9-23(10-13-25)22-7-3-2-4-8-22/h2-4,7-14,21,27H,5-6,15-20H2,1H3/t27-/m0/s1. The molecule has 0 aliphatic carbocycles. The van der Waals surface area contributed by atoms with Gasteiger partial charge in [0.25, 0.3) is 5.91 Å². The van der Waals surface area contributed by atoms with Crippen LogP contribution in [0.15, 0.2) is 72.8 Å². The number of carbonyl (C=O) groups excluding carboxylic acids is 1. The molecule has 0 spiro atoms. The molecule has 0 bridgehead atoms. The molecule has 1 amide bonds. The molecule has 35 heavy (non-hydrogen) atoms. The second kappa shape index (κ2) is 10.8. The number of carbonyl (C=O) groups is 1. The molecular weight excluding hydrogens is 440 g/mol. The SMILES string of the molecule is COc1cc(N2CC[C@H](Oc3ccc(-c4ccccc4)cc3)C2=O)ccc1OCCN1CCCC1. The highest BCUT2D eigenvalue weighted by molar-refractivity contribution is 5.99. The van der Waals surface area contributed by atoms with Gasteiger partial charge >= 0.3 is 0 Å². The molecule has 2 saturated heterocycles. The van der Waals surface area contributed by atoms with Crippen molar-refractivity contribution in [2.45, 2.75) is 25.4 Å². The number of likely N-dealkylation sites (tertiary alicyclic amines) is 1. The van der Waals surface area contributed by atoms with Crippen LogP contribution in [0, 0.1) is 0 Å². The number of hydrogen-bond acceptors (Lipinski definition) is 5. The Morgan fingerprint density at radius 2 is 1.60 bits per heavy atom. The largest absolute Gasteiger partial charge is 0.493 e. The average molecular weight is 473 g/mol. The first-order valence-electron chi connectivity index (χ1n) is 12.4. The van der Waals surface area contributed by atoms with Crippen molar-refractivity contribution in [2.24, 2.45) is 0 Å². The number of methoxy groups -OCH3 is 1. The van der Waals surface area contributed by atoms with E-state index in [2.05, 4.69) is 17.0 Å². The summed E-state index contributed by atoms with van der Waals surface area (Å²) in [6.07, 6.45) is 2.67. The van der Waals surface area contributed by atoms with E-state index in [0.717, 1.165) is 36.4 Å². The minimum Gasteiger partial charge on any atom is -0.493 e. The first-order chi connectivity index (χ1) is 17.2. The van der Waals surface area contributed by atoms with Crippen LogP contribution in [0.2, 0.25) is 0 Å². The highest BCUT2D eigenvalue weighted by Gasteiger charge is 2.34. The molecule has 3 aromatic carbocycles. The predicted molar refractivity (Wildman–Crippen MR) is 137 cm³/mol. The quantitative estimate of drug-likeness (QED) is 0.438. The smallest absolute Gasteiger partial charge is 0.268 e. The van der Waals surface area contributed by atoms with Crippen LogP contribution in [0.3, 0.4) is 0 Å². The molecule has 0 radical (unpaired) electrons. The Bertz CT molecular complexity index is 1130. The van der Waals surface area contributed by atoms with Crippen molar-refractivity contribution < 1.29 is 19.0 Å². The lowest BCUT2D eigenvalue weighted by molar-refractivity contribution is -0.122. The van der Waals surface area contributed by atoms with Crippen LogP contribution >= 0.6 is 0 Å². The number of nitrogens with zero attached hydrogens (tertiary/aromatic N) is 2. The zero-order valence-electron chi connectivity index (χ0n) is 20.2. The minimum atomic E-state index is -0.500. The average Bonchev–Trinajstić information content (AvgIpc) is 3.55. The van der Waals surface area contributed by atoms with Crippen molar-refractivity contribution in [1.29, 1.82) is 0 Å². The van der Waals surface area contributed by atoms with Crippen LogP contribution < -0.4 is 19.1 Å². The van der Waals surface area contributed by atoms with Crippen molar-refractivity contribution >= 4 is 11.6 Å². The van der Waals surface area contributed by atoms with E-state index in [-0.39, 0.29) is 5.91 Å². The maximum atomic E-state index is 13.1. The monoisotopic (exact) mass is 472 g/mol. The molecule has 2 aliphatic rings. The van der Waals surface area contributed by atoms with Gasteiger partial charge in [-0.1, -0.05) is 42.5 Å². The Morgan fingerprint density at radius 3 is 2.34 bits per heavy atom. The molecule has 2 aliphatic heterocycles. The second-order valence-electron chi connectivity index (χ2n) is 9.01. The fourth-order valence-electron chi connectivity index (χ4n) is 4.77. The Hall–Kier alpha value is -3.51. The summed E-state index contributed by atoms with van der Waals surface area (Å²) in [5.41, 5.74) is 3.07. The maximum absolute atomic E-state index is 13.1. The van der Waals surface area contributed by atoms with E-state index in [1.54, 1.807) is 12.0 Å². The van der Waals surface area contributed by atoms with Gasteiger partial charge in [0.1, 0.15) is 12.4 Å². The van der Waals surface area contributed by atoms with Gasteiger partial charge < -0.3 is 19.1 Å². The van der Waals surface area contributed by atoms with E-state index in [9.17, 15) is 4.79 Å². The maximum Gasteiger partial charge on any atom is 0.268 e. The van der Waals surface area contributed by atoms with Crippen LogP contribution in [0.5, 0.6) is 17.2 Å². The Morgan fingerprint density at radius 1 is 0.857 bits per heavy atom. The molecule has 2 fully saturated rings. The second-order valence-corrected chi connectivity index (χ2v) is 9.01. The topological polar surface area (TPSA) is 51.2 Å². The number of ether oxygens (including phenoxy) is 3. The highest BCUT2D eigenvalue weighted by Crippen LogP contribution is 2.34. The van der Waals surface area contributed by atoms with Gasteiger partial charge in [-0.15, -0.1) is 0 Å². The third kappa shape index (κ3) is 5.43. The van der Waals surface area contributed by atoms with Gasteiger partial charge in [-0.25, -0.2) is 0 Å². The summed E-state index contributed by atoms with van der Waals surface area (Å²) in [7, 11) is 1.63. The Kier molecular flexibility index (Phi) is 7.19. The molecule has 2 heterocycles. The fourth-order valence-corrected chi connectivity index (χ4v) is 4.77. The van der Waals surface area contributed by atoms with Gasteiger partial charge in [-0.3, -0.25) is 9.69 Å². The molecule has 0 N–H and O–H groups in total. The van der Waals surface area contributed by atoms with Gasteiger partial charge in [-0.2, -0.15) is 0 Å². The normalized spacial score (nSPS) is 18.1. The minimum absolute atomic E-state index is 0.0399. The lowest BCUT2D eigenvalue weighted by atomic mass is 10.1.